The van der Waals surface area contributed by atoms with E-state index in [4.69, 9.17) is 0 Å². The van der Waals surface area contributed by atoms with E-state index in [-0.39, 0.29) is 0 Å². The van der Waals surface area contributed by atoms with Crippen LogP contribution in [0.4, 0.5) is 11.6 Å². The molecule has 0 amide bonds. The van der Waals surface area contributed by atoms with Crippen LogP contribution in [0.5, 0.6) is 0 Å². The van der Waals surface area contributed by atoms with Crippen molar-refractivity contribution in [3.05, 3.63) is 11.9 Å². The van der Waals surface area contributed by atoms with Gasteiger partial charge >= 0.3 is 0 Å². The Morgan fingerprint density at radius 1 is 1.24 bits per heavy atom. The summed E-state index contributed by atoms with van der Waals surface area (Å²) in [5.41, 5.74) is 0. The van der Waals surface area contributed by atoms with Crippen molar-refractivity contribution in [2.24, 2.45) is 0 Å². The zero-order valence-corrected chi connectivity index (χ0v) is 11.5. The van der Waals surface area contributed by atoms with Crippen LogP contribution in [0.25, 0.3) is 0 Å². The molecule has 0 bridgehead atoms. The maximum atomic E-state index is 4.47. The van der Waals surface area contributed by atoms with Gasteiger partial charge in [0, 0.05) is 26.2 Å². The Morgan fingerprint density at radius 2 is 2.00 bits per heavy atom. The molecule has 0 aliphatic rings. The number of hydrogen-bond acceptors (Lipinski definition) is 4. The average Bonchev–Trinajstić information content (AvgIpc) is 2.29. The smallest absolute Gasteiger partial charge is 0.134 e. The molecule has 1 aromatic heterocycles. The first-order chi connectivity index (χ1) is 8.17. The van der Waals surface area contributed by atoms with Gasteiger partial charge in [0.2, 0.25) is 0 Å². The van der Waals surface area contributed by atoms with Crippen LogP contribution < -0.4 is 10.2 Å². The van der Waals surface area contributed by atoms with Crippen molar-refractivity contribution < 1.29 is 0 Å². The molecule has 0 saturated heterocycles. The van der Waals surface area contributed by atoms with Gasteiger partial charge in [0.15, 0.2) is 0 Å². The van der Waals surface area contributed by atoms with Gasteiger partial charge in [-0.1, -0.05) is 19.8 Å². The fourth-order valence-corrected chi connectivity index (χ4v) is 1.73. The van der Waals surface area contributed by atoms with Crippen molar-refractivity contribution in [1.29, 1.82) is 0 Å². The van der Waals surface area contributed by atoms with Gasteiger partial charge in [-0.15, -0.1) is 0 Å². The van der Waals surface area contributed by atoms with Crippen molar-refractivity contribution in [2.45, 2.75) is 40.0 Å². The molecule has 1 rings (SSSR count). The Hall–Kier alpha value is -1.32. The molecule has 0 saturated carbocycles. The van der Waals surface area contributed by atoms with Crippen molar-refractivity contribution in [1.82, 2.24) is 9.97 Å². The molecule has 1 aromatic rings. The Bertz CT molecular complexity index is 338. The van der Waals surface area contributed by atoms with E-state index in [1.54, 1.807) is 0 Å². The van der Waals surface area contributed by atoms with E-state index >= 15 is 0 Å². The molecular formula is C13H24N4. The van der Waals surface area contributed by atoms with Crippen molar-refractivity contribution >= 4 is 11.6 Å². The third-order valence-electron chi connectivity index (χ3n) is 2.67. The minimum absolute atomic E-state index is 0.820. The van der Waals surface area contributed by atoms with Gasteiger partial charge in [0.1, 0.15) is 17.5 Å². The number of nitrogens with zero attached hydrogens (tertiary/aromatic N) is 3. The predicted octanol–water partition coefficient (Wildman–Crippen LogP) is 2.84. The van der Waals surface area contributed by atoms with Crippen LogP contribution in [-0.4, -0.2) is 30.1 Å². The second-order valence-corrected chi connectivity index (χ2v) is 4.32. The maximum absolute atomic E-state index is 4.47. The van der Waals surface area contributed by atoms with Crippen molar-refractivity contribution in [2.75, 3.05) is 30.4 Å². The lowest BCUT2D eigenvalue weighted by molar-refractivity contribution is 0.700. The lowest BCUT2D eigenvalue weighted by Crippen LogP contribution is -2.20. The zero-order valence-electron chi connectivity index (χ0n) is 11.5. The van der Waals surface area contributed by atoms with Crippen LogP contribution >= 0.6 is 0 Å². The Kier molecular flexibility index (Phi) is 5.73. The minimum atomic E-state index is 0.820. The van der Waals surface area contributed by atoms with Gasteiger partial charge in [0.25, 0.3) is 0 Å². The molecule has 1 N–H and O–H groups in total. The number of hydrogen-bond donors (Lipinski definition) is 1. The topological polar surface area (TPSA) is 41.0 Å². The number of unbranched alkanes of at least 4 members (excludes halogenated alkanes) is 2. The summed E-state index contributed by atoms with van der Waals surface area (Å²) in [6.07, 6.45) is 3.74. The molecule has 0 spiro atoms. The highest BCUT2D eigenvalue weighted by molar-refractivity contribution is 5.48. The molecule has 0 aliphatic carbocycles. The van der Waals surface area contributed by atoms with Gasteiger partial charge in [-0.3, -0.25) is 0 Å². The average molecular weight is 236 g/mol. The highest BCUT2D eigenvalue weighted by atomic mass is 15.2. The van der Waals surface area contributed by atoms with Crippen LogP contribution in [0.3, 0.4) is 0 Å². The number of aryl methyl sites for hydroxylation is 1. The summed E-state index contributed by atoms with van der Waals surface area (Å²) >= 11 is 0. The molecule has 0 fully saturated rings. The number of nitrogens with one attached hydrogen (secondary N) is 1. The number of rotatable bonds is 7. The quantitative estimate of drug-likeness (QED) is 0.739. The molecule has 0 radical (unpaired) electrons. The lowest BCUT2D eigenvalue weighted by atomic mass is 10.2. The molecule has 0 aliphatic heterocycles. The number of anilines is 2. The molecule has 0 atom stereocenters. The molecule has 4 heteroatoms. The van der Waals surface area contributed by atoms with E-state index in [0.29, 0.717) is 0 Å². The van der Waals surface area contributed by atoms with Crippen molar-refractivity contribution in [3.63, 3.8) is 0 Å². The number of aromatic nitrogens is 2. The Morgan fingerprint density at radius 3 is 2.65 bits per heavy atom. The molecule has 96 valence electrons. The second-order valence-electron chi connectivity index (χ2n) is 4.32. The van der Waals surface area contributed by atoms with Gasteiger partial charge in [-0.25, -0.2) is 9.97 Å². The molecule has 4 nitrogen and oxygen atoms in total. The van der Waals surface area contributed by atoms with Gasteiger partial charge < -0.3 is 10.2 Å². The summed E-state index contributed by atoms with van der Waals surface area (Å²) < 4.78 is 0. The normalized spacial score (nSPS) is 10.4. The predicted molar refractivity (Wildman–Crippen MR) is 73.7 cm³/mol. The molecule has 0 aromatic carbocycles. The fourth-order valence-electron chi connectivity index (χ4n) is 1.73. The van der Waals surface area contributed by atoms with E-state index in [0.717, 1.165) is 30.5 Å². The monoisotopic (exact) mass is 236 g/mol. The molecular weight excluding hydrogens is 212 g/mol. The Balaban J connectivity index is 2.67. The molecule has 17 heavy (non-hydrogen) atoms. The summed E-state index contributed by atoms with van der Waals surface area (Å²) in [4.78, 5) is 11.0. The van der Waals surface area contributed by atoms with E-state index < -0.39 is 0 Å². The Labute approximate surface area is 104 Å². The summed E-state index contributed by atoms with van der Waals surface area (Å²) in [6.45, 7) is 8.16. The van der Waals surface area contributed by atoms with E-state index in [2.05, 4.69) is 41.1 Å². The zero-order chi connectivity index (χ0) is 12.7. The summed E-state index contributed by atoms with van der Waals surface area (Å²) in [6, 6.07) is 2.02. The van der Waals surface area contributed by atoms with Crippen LogP contribution in [0.15, 0.2) is 6.07 Å². The maximum Gasteiger partial charge on any atom is 0.134 e. The SMILES string of the molecule is CCCCCN(C)c1cc(NCC)nc(C)n1. The second kappa shape index (κ2) is 7.09. The van der Waals surface area contributed by atoms with Crippen LogP contribution in [0.2, 0.25) is 0 Å². The molecule has 0 unspecified atom stereocenters. The highest BCUT2D eigenvalue weighted by Gasteiger charge is 2.05. The fraction of sp³-hybridized carbons (Fsp3) is 0.692. The van der Waals surface area contributed by atoms with Crippen LogP contribution in [0, 0.1) is 6.92 Å². The first-order valence-electron chi connectivity index (χ1n) is 6.48. The molecule has 1 heterocycles. The van der Waals surface area contributed by atoms with E-state index in [1.165, 1.54) is 19.3 Å². The highest BCUT2D eigenvalue weighted by Crippen LogP contribution is 2.15. The largest absolute Gasteiger partial charge is 0.370 e. The summed E-state index contributed by atoms with van der Waals surface area (Å²) in [5.74, 6) is 2.74. The van der Waals surface area contributed by atoms with Crippen LogP contribution in [0.1, 0.15) is 38.9 Å². The standard InChI is InChI=1S/C13H24N4/c1-5-7-8-9-17(4)13-10-12(14-6-2)15-11(3)16-13/h10H,5-9H2,1-4H3,(H,14,15,16). The third kappa shape index (κ3) is 4.59. The lowest BCUT2D eigenvalue weighted by Gasteiger charge is -2.19. The van der Waals surface area contributed by atoms with Crippen molar-refractivity contribution in [3.8, 4) is 0 Å². The minimum Gasteiger partial charge on any atom is -0.370 e. The van der Waals surface area contributed by atoms with Gasteiger partial charge in [-0.2, -0.15) is 0 Å². The van der Waals surface area contributed by atoms with E-state index in [9.17, 15) is 0 Å². The third-order valence-corrected chi connectivity index (χ3v) is 2.67. The summed E-state index contributed by atoms with van der Waals surface area (Å²) in [7, 11) is 2.09. The van der Waals surface area contributed by atoms with Gasteiger partial charge in [0.05, 0.1) is 0 Å². The first kappa shape index (κ1) is 13.7. The van der Waals surface area contributed by atoms with E-state index in [1.807, 2.05) is 13.0 Å². The first-order valence-corrected chi connectivity index (χ1v) is 6.48. The van der Waals surface area contributed by atoms with Crippen LogP contribution in [-0.2, 0) is 0 Å². The van der Waals surface area contributed by atoms with Gasteiger partial charge in [-0.05, 0) is 20.3 Å². The summed E-state index contributed by atoms with van der Waals surface area (Å²) in [5, 5.41) is 3.23.